The van der Waals surface area contributed by atoms with Crippen LogP contribution in [0.15, 0.2) is 66.7 Å². The Morgan fingerprint density at radius 1 is 0.920 bits per heavy atom. The van der Waals surface area contributed by atoms with Crippen molar-refractivity contribution in [3.63, 3.8) is 0 Å². The third-order valence-electron chi connectivity index (χ3n) is 3.69. The first-order valence-corrected chi connectivity index (χ1v) is 8.57. The minimum absolute atomic E-state index is 0.722. The highest BCUT2D eigenvalue weighted by Gasteiger charge is 2.02. The number of hydrogen-bond donors (Lipinski definition) is 0. The largest absolute Gasteiger partial charge is 0.249 e. The van der Waals surface area contributed by atoms with Crippen LogP contribution in [-0.4, -0.2) is 4.98 Å². The summed E-state index contributed by atoms with van der Waals surface area (Å²) in [5.74, 6) is 0. The first-order valence-electron chi connectivity index (χ1n) is 8.57. The molecule has 0 N–H and O–H groups in total. The fourth-order valence-electron chi connectivity index (χ4n) is 2.43. The standard InChI is InChI=1S/C24H25N/c1-5-7-13-21-15-16-23(18-22(21)10-6-2)24-17-14-19(3)11-8-9-12-20(4)25-24/h6-18H,3-5H2,1-2H3/b10-6-,11-8?,12-9?,13-7-,17-14?,25-24?. The molecular weight excluding hydrogens is 302 g/mol. The van der Waals surface area contributed by atoms with Crippen LogP contribution < -0.4 is 10.6 Å². The Hall–Kier alpha value is -2.93. The summed E-state index contributed by atoms with van der Waals surface area (Å²) in [6.07, 6.45) is 9.54. The molecule has 0 aliphatic carbocycles. The van der Waals surface area contributed by atoms with Crippen molar-refractivity contribution in [3.05, 3.63) is 88.4 Å². The van der Waals surface area contributed by atoms with Crippen LogP contribution in [-0.2, 0) is 0 Å². The smallest absolute Gasteiger partial charge is 0.0709 e. The van der Waals surface area contributed by atoms with Crippen molar-refractivity contribution in [2.45, 2.75) is 20.3 Å². The van der Waals surface area contributed by atoms with Crippen LogP contribution in [0.1, 0.15) is 31.4 Å². The molecule has 0 amide bonds. The molecule has 1 nitrogen and oxygen atoms in total. The van der Waals surface area contributed by atoms with E-state index in [4.69, 9.17) is 0 Å². The lowest BCUT2D eigenvalue weighted by molar-refractivity contribution is 1.23. The van der Waals surface area contributed by atoms with Crippen molar-refractivity contribution in [3.8, 4) is 11.3 Å². The predicted octanol–water partition coefficient (Wildman–Crippen LogP) is 5.15. The van der Waals surface area contributed by atoms with Gasteiger partial charge in [0.05, 0.1) is 11.0 Å². The van der Waals surface area contributed by atoms with Crippen molar-refractivity contribution in [1.82, 2.24) is 4.98 Å². The number of nitrogens with zero attached hydrogens (tertiary/aromatic N) is 1. The van der Waals surface area contributed by atoms with E-state index >= 15 is 0 Å². The molecule has 0 aliphatic rings. The number of benzene rings is 1. The van der Waals surface area contributed by atoms with Crippen LogP contribution in [0.25, 0.3) is 36.6 Å². The van der Waals surface area contributed by atoms with Gasteiger partial charge in [-0.2, -0.15) is 0 Å². The molecule has 0 atom stereocenters. The lowest BCUT2D eigenvalue weighted by Crippen LogP contribution is -2.02. The van der Waals surface area contributed by atoms with Gasteiger partial charge in [-0.15, -0.1) is 0 Å². The normalized spacial score (nSPS) is 11.0. The Balaban J connectivity index is 2.67. The Kier molecular flexibility index (Phi) is 6.91. The van der Waals surface area contributed by atoms with Gasteiger partial charge in [0.25, 0.3) is 0 Å². The number of hydrogen-bond acceptors (Lipinski definition) is 1. The molecule has 1 heteroatoms. The summed E-state index contributed by atoms with van der Waals surface area (Å²) in [5, 5.41) is 1.65. The molecule has 1 heterocycles. The van der Waals surface area contributed by atoms with Crippen LogP contribution in [0, 0.1) is 0 Å². The van der Waals surface area contributed by atoms with Crippen molar-refractivity contribution >= 4 is 25.3 Å². The van der Waals surface area contributed by atoms with E-state index in [9.17, 15) is 0 Å². The summed E-state index contributed by atoms with van der Waals surface area (Å²) in [4.78, 5) is 4.67. The van der Waals surface area contributed by atoms with E-state index in [1.165, 1.54) is 11.1 Å². The summed E-state index contributed by atoms with van der Waals surface area (Å²) in [5.41, 5.74) is 4.32. The molecule has 0 aliphatic heterocycles. The van der Waals surface area contributed by atoms with E-state index in [0.717, 1.165) is 28.2 Å². The fourth-order valence-corrected chi connectivity index (χ4v) is 2.43. The summed E-state index contributed by atoms with van der Waals surface area (Å²) < 4.78 is 0. The Labute approximate surface area is 150 Å². The zero-order chi connectivity index (χ0) is 18.1. The van der Waals surface area contributed by atoms with Gasteiger partial charge in [-0.1, -0.05) is 80.8 Å². The zero-order valence-electron chi connectivity index (χ0n) is 15.1. The van der Waals surface area contributed by atoms with Crippen LogP contribution in [0.3, 0.4) is 0 Å². The maximum Gasteiger partial charge on any atom is 0.0709 e. The Morgan fingerprint density at radius 2 is 1.72 bits per heavy atom. The second-order valence-corrected chi connectivity index (χ2v) is 5.77. The maximum atomic E-state index is 4.67. The fraction of sp³-hybridized carbons (Fsp3) is 0.125. The van der Waals surface area contributed by atoms with Gasteiger partial charge < -0.3 is 0 Å². The van der Waals surface area contributed by atoms with E-state index in [-0.39, 0.29) is 0 Å². The van der Waals surface area contributed by atoms with Gasteiger partial charge >= 0.3 is 0 Å². The second kappa shape index (κ2) is 9.39. The predicted molar refractivity (Wildman–Crippen MR) is 112 cm³/mol. The van der Waals surface area contributed by atoms with Gasteiger partial charge in [0.1, 0.15) is 0 Å². The molecule has 0 bridgehead atoms. The van der Waals surface area contributed by atoms with Crippen LogP contribution >= 0.6 is 0 Å². The molecule has 2 aromatic rings. The highest BCUT2D eigenvalue weighted by atomic mass is 14.7. The highest BCUT2D eigenvalue weighted by Crippen LogP contribution is 2.22. The Morgan fingerprint density at radius 3 is 2.48 bits per heavy atom. The minimum atomic E-state index is 0.722. The van der Waals surface area contributed by atoms with Crippen molar-refractivity contribution < 1.29 is 0 Å². The summed E-state index contributed by atoms with van der Waals surface area (Å²) in [6, 6.07) is 18.1. The third-order valence-corrected chi connectivity index (χ3v) is 3.69. The molecule has 0 saturated heterocycles. The quantitative estimate of drug-likeness (QED) is 0.757. The molecule has 0 unspecified atom stereocenters. The molecular formula is C24H25N. The average Bonchev–Trinajstić information content (AvgIpc) is 2.61. The van der Waals surface area contributed by atoms with Crippen LogP contribution in [0.5, 0.6) is 0 Å². The first kappa shape index (κ1) is 18.4. The minimum Gasteiger partial charge on any atom is -0.249 e. The van der Waals surface area contributed by atoms with E-state index in [1.54, 1.807) is 0 Å². The third kappa shape index (κ3) is 5.58. The van der Waals surface area contributed by atoms with Crippen molar-refractivity contribution in [1.29, 1.82) is 0 Å². The van der Waals surface area contributed by atoms with Crippen LogP contribution in [0.4, 0.5) is 0 Å². The molecule has 2 rings (SSSR count). The van der Waals surface area contributed by atoms with E-state index in [2.05, 4.69) is 67.6 Å². The molecule has 0 radical (unpaired) electrons. The van der Waals surface area contributed by atoms with Crippen LogP contribution in [0.2, 0.25) is 0 Å². The number of rotatable bonds is 4. The molecule has 1 aromatic heterocycles. The highest BCUT2D eigenvalue weighted by molar-refractivity contribution is 5.72. The first-order chi connectivity index (χ1) is 12.1. The summed E-state index contributed by atoms with van der Waals surface area (Å²) in [7, 11) is 0. The van der Waals surface area contributed by atoms with Gasteiger partial charge in [0.15, 0.2) is 0 Å². The molecule has 126 valence electrons. The van der Waals surface area contributed by atoms with Gasteiger partial charge in [-0.05, 0) is 47.9 Å². The molecule has 25 heavy (non-hydrogen) atoms. The SMILES string of the molecule is C=c1ccccc(=C)nc(-c2ccc(/C=C\CC)c(/C=C\C)c2)cc1. The topological polar surface area (TPSA) is 12.9 Å². The molecule has 0 fully saturated rings. The van der Waals surface area contributed by atoms with E-state index in [0.29, 0.717) is 0 Å². The van der Waals surface area contributed by atoms with Gasteiger partial charge in [-0.25, -0.2) is 4.98 Å². The van der Waals surface area contributed by atoms with Crippen molar-refractivity contribution in [2.24, 2.45) is 0 Å². The van der Waals surface area contributed by atoms with Gasteiger partial charge in [0, 0.05) is 5.56 Å². The zero-order valence-corrected chi connectivity index (χ0v) is 15.1. The second-order valence-electron chi connectivity index (χ2n) is 5.77. The van der Waals surface area contributed by atoms with E-state index in [1.807, 2.05) is 43.3 Å². The number of aromatic nitrogens is 1. The average molecular weight is 327 g/mol. The van der Waals surface area contributed by atoms with Gasteiger partial charge in [0.2, 0.25) is 0 Å². The maximum absolute atomic E-state index is 4.67. The monoisotopic (exact) mass is 327 g/mol. The number of allylic oxidation sites excluding steroid dienone is 2. The van der Waals surface area contributed by atoms with Crippen molar-refractivity contribution in [2.75, 3.05) is 0 Å². The summed E-state index contributed by atoms with van der Waals surface area (Å²) in [6.45, 7) is 12.2. The molecule has 1 aromatic carbocycles. The van der Waals surface area contributed by atoms with Gasteiger partial charge in [-0.3, -0.25) is 0 Å². The lowest BCUT2D eigenvalue weighted by Gasteiger charge is -2.06. The Bertz CT molecular complexity index is 934. The lowest BCUT2D eigenvalue weighted by atomic mass is 10.0. The molecule has 0 saturated carbocycles. The molecule has 0 spiro atoms. The summed E-state index contributed by atoms with van der Waals surface area (Å²) >= 11 is 0. The van der Waals surface area contributed by atoms with E-state index < -0.39 is 0 Å².